The predicted molar refractivity (Wildman–Crippen MR) is 147 cm³/mol. The summed E-state index contributed by atoms with van der Waals surface area (Å²) in [5.41, 5.74) is 1.74. The fourth-order valence-electron chi connectivity index (χ4n) is 6.34. The van der Waals surface area contributed by atoms with Gasteiger partial charge in [0, 0.05) is 64.2 Å². The summed E-state index contributed by atoms with van der Waals surface area (Å²) in [5, 5.41) is 3.33. The van der Waals surface area contributed by atoms with E-state index in [1.165, 1.54) is 37.7 Å². The third-order valence-electron chi connectivity index (χ3n) is 8.42. The molecule has 2 aromatic rings. The number of methoxy groups -OCH3 is 1. The van der Waals surface area contributed by atoms with Crippen LogP contribution in [0.2, 0.25) is 0 Å². The number of nitrogens with one attached hydrogen (secondary N) is 1. The van der Waals surface area contributed by atoms with Crippen molar-refractivity contribution >= 4 is 11.8 Å². The van der Waals surface area contributed by atoms with Crippen LogP contribution in [-0.4, -0.2) is 90.0 Å². The number of carbonyl (C=O) groups excluding carboxylic acids is 2. The van der Waals surface area contributed by atoms with Gasteiger partial charge in [0.25, 0.3) is 5.91 Å². The van der Waals surface area contributed by atoms with Crippen LogP contribution in [0.1, 0.15) is 54.4 Å². The van der Waals surface area contributed by atoms with E-state index >= 15 is 0 Å². The highest BCUT2D eigenvalue weighted by atomic mass is 16.5. The largest absolute Gasteiger partial charge is 0.497 e. The SMILES string of the molecule is COc1cccc(CN(CC2CCCCC2)C2CC(C(=O)N3CCNCC3)N(C(=O)c3cccnc3)C2)c1. The molecule has 1 aromatic carbocycles. The average Bonchev–Trinajstić information content (AvgIpc) is 3.43. The van der Waals surface area contributed by atoms with Crippen molar-refractivity contribution in [2.45, 2.75) is 57.2 Å². The predicted octanol–water partition coefficient (Wildman–Crippen LogP) is 3.19. The average molecular weight is 520 g/mol. The number of nitrogens with zero attached hydrogens (tertiary/aromatic N) is 4. The molecule has 38 heavy (non-hydrogen) atoms. The number of aromatic nitrogens is 1. The van der Waals surface area contributed by atoms with Crippen molar-refractivity contribution in [1.29, 1.82) is 0 Å². The first-order valence-corrected chi connectivity index (χ1v) is 14.2. The van der Waals surface area contributed by atoms with Crippen molar-refractivity contribution in [3.8, 4) is 5.75 Å². The minimum atomic E-state index is -0.454. The number of ether oxygens (including phenoxy) is 1. The number of likely N-dealkylation sites (tertiary alicyclic amines) is 1. The molecule has 2 saturated heterocycles. The Balaban J connectivity index is 1.41. The quantitative estimate of drug-likeness (QED) is 0.577. The van der Waals surface area contributed by atoms with E-state index in [0.717, 1.165) is 31.9 Å². The van der Waals surface area contributed by atoms with Gasteiger partial charge in [-0.3, -0.25) is 19.5 Å². The Morgan fingerprint density at radius 3 is 2.66 bits per heavy atom. The zero-order valence-corrected chi connectivity index (χ0v) is 22.6. The van der Waals surface area contributed by atoms with E-state index in [-0.39, 0.29) is 17.9 Å². The molecule has 3 heterocycles. The second-order valence-electron chi connectivity index (χ2n) is 11.0. The zero-order valence-electron chi connectivity index (χ0n) is 22.6. The van der Waals surface area contributed by atoms with Crippen LogP contribution in [0.25, 0.3) is 0 Å². The maximum absolute atomic E-state index is 13.8. The number of piperazine rings is 1. The van der Waals surface area contributed by atoms with E-state index < -0.39 is 6.04 Å². The van der Waals surface area contributed by atoms with E-state index in [0.29, 0.717) is 37.5 Å². The summed E-state index contributed by atoms with van der Waals surface area (Å²) in [5.74, 6) is 1.48. The molecule has 2 atom stereocenters. The molecule has 8 nitrogen and oxygen atoms in total. The number of hydrogen-bond donors (Lipinski definition) is 1. The van der Waals surface area contributed by atoms with Gasteiger partial charge in [-0.25, -0.2) is 0 Å². The maximum atomic E-state index is 13.8. The molecule has 0 radical (unpaired) electrons. The zero-order chi connectivity index (χ0) is 26.3. The van der Waals surface area contributed by atoms with Crippen molar-refractivity contribution in [2.24, 2.45) is 5.92 Å². The van der Waals surface area contributed by atoms with Crippen LogP contribution in [0.5, 0.6) is 5.75 Å². The van der Waals surface area contributed by atoms with Gasteiger partial charge in [0.05, 0.1) is 12.7 Å². The van der Waals surface area contributed by atoms with Crippen LogP contribution in [0, 0.1) is 5.92 Å². The van der Waals surface area contributed by atoms with Crippen LogP contribution >= 0.6 is 0 Å². The summed E-state index contributed by atoms with van der Waals surface area (Å²) in [6.45, 7) is 5.28. The van der Waals surface area contributed by atoms with Gasteiger partial charge >= 0.3 is 0 Å². The van der Waals surface area contributed by atoms with Gasteiger partial charge in [-0.1, -0.05) is 31.4 Å². The Kier molecular flexibility index (Phi) is 8.91. The van der Waals surface area contributed by atoms with Crippen LogP contribution < -0.4 is 10.1 Å². The van der Waals surface area contributed by atoms with Gasteiger partial charge in [0.2, 0.25) is 5.91 Å². The summed E-state index contributed by atoms with van der Waals surface area (Å²) >= 11 is 0. The molecule has 2 aliphatic heterocycles. The van der Waals surface area contributed by atoms with E-state index in [4.69, 9.17) is 4.74 Å². The van der Waals surface area contributed by atoms with Crippen LogP contribution in [0.15, 0.2) is 48.8 Å². The highest BCUT2D eigenvalue weighted by Gasteiger charge is 2.44. The maximum Gasteiger partial charge on any atom is 0.256 e. The number of amides is 2. The normalized spacial score (nSPS) is 22.6. The van der Waals surface area contributed by atoms with E-state index in [9.17, 15) is 9.59 Å². The number of hydrogen-bond acceptors (Lipinski definition) is 6. The molecule has 8 heteroatoms. The lowest BCUT2D eigenvalue weighted by atomic mass is 9.88. The molecule has 1 aromatic heterocycles. The molecule has 1 saturated carbocycles. The van der Waals surface area contributed by atoms with Gasteiger partial charge in [-0.05, 0) is 55.0 Å². The lowest BCUT2D eigenvalue weighted by Crippen LogP contribution is -2.53. The molecular weight excluding hydrogens is 478 g/mol. The summed E-state index contributed by atoms with van der Waals surface area (Å²) in [6, 6.07) is 11.5. The standard InChI is InChI=1S/C30H41N5O3/c1-38-27-11-5-9-24(17-27)21-34(20-23-7-3-2-4-8-23)26-18-28(30(37)33-15-13-31-14-16-33)35(22-26)29(36)25-10-6-12-32-19-25/h5-6,9-12,17,19,23,26,28,31H,2-4,7-8,13-16,18,20-22H2,1H3. The molecular formula is C30H41N5O3. The van der Waals surface area contributed by atoms with Gasteiger partial charge < -0.3 is 19.9 Å². The summed E-state index contributed by atoms with van der Waals surface area (Å²) < 4.78 is 5.49. The number of pyridine rings is 1. The van der Waals surface area contributed by atoms with Crippen molar-refractivity contribution in [2.75, 3.05) is 46.4 Å². The molecule has 0 spiro atoms. The van der Waals surface area contributed by atoms with Crippen LogP contribution in [0.4, 0.5) is 0 Å². The molecule has 2 amide bonds. The monoisotopic (exact) mass is 519 g/mol. The lowest BCUT2D eigenvalue weighted by molar-refractivity contribution is -0.135. The Hall–Kier alpha value is -2.97. The Morgan fingerprint density at radius 1 is 1.11 bits per heavy atom. The molecule has 3 aliphatic rings. The molecule has 3 fully saturated rings. The first kappa shape index (κ1) is 26.6. The van der Waals surface area contributed by atoms with E-state index in [2.05, 4.69) is 27.3 Å². The second-order valence-corrected chi connectivity index (χ2v) is 11.0. The summed E-state index contributed by atoms with van der Waals surface area (Å²) in [7, 11) is 1.70. The molecule has 204 valence electrons. The van der Waals surface area contributed by atoms with Crippen molar-refractivity contribution in [3.63, 3.8) is 0 Å². The number of carbonyl (C=O) groups is 2. The Labute approximate surface area is 226 Å². The topological polar surface area (TPSA) is 78.0 Å². The summed E-state index contributed by atoms with van der Waals surface area (Å²) in [4.78, 5) is 38.0. The molecule has 2 unspecified atom stereocenters. The van der Waals surface area contributed by atoms with E-state index in [1.807, 2.05) is 21.9 Å². The summed E-state index contributed by atoms with van der Waals surface area (Å²) in [6.07, 6.45) is 10.3. The van der Waals surface area contributed by atoms with Crippen molar-refractivity contribution in [1.82, 2.24) is 25.0 Å². The van der Waals surface area contributed by atoms with Gasteiger partial charge in [0.1, 0.15) is 11.8 Å². The Morgan fingerprint density at radius 2 is 1.92 bits per heavy atom. The molecule has 0 bridgehead atoms. The van der Waals surface area contributed by atoms with Crippen LogP contribution in [0.3, 0.4) is 0 Å². The van der Waals surface area contributed by atoms with Crippen molar-refractivity contribution < 1.29 is 14.3 Å². The van der Waals surface area contributed by atoms with Crippen LogP contribution in [-0.2, 0) is 11.3 Å². The highest BCUT2D eigenvalue weighted by molar-refractivity contribution is 5.97. The lowest BCUT2D eigenvalue weighted by Gasteiger charge is -2.34. The molecule has 1 N–H and O–H groups in total. The van der Waals surface area contributed by atoms with Gasteiger partial charge in [0.15, 0.2) is 0 Å². The minimum absolute atomic E-state index is 0.0743. The van der Waals surface area contributed by atoms with Gasteiger partial charge in [-0.2, -0.15) is 0 Å². The molecule has 1 aliphatic carbocycles. The van der Waals surface area contributed by atoms with Crippen molar-refractivity contribution in [3.05, 3.63) is 59.9 Å². The fourth-order valence-corrected chi connectivity index (χ4v) is 6.34. The smallest absolute Gasteiger partial charge is 0.256 e. The third kappa shape index (κ3) is 6.35. The number of rotatable bonds is 8. The minimum Gasteiger partial charge on any atom is -0.497 e. The third-order valence-corrected chi connectivity index (χ3v) is 8.42. The highest BCUT2D eigenvalue weighted by Crippen LogP contribution is 2.31. The fraction of sp³-hybridized carbons (Fsp3) is 0.567. The van der Waals surface area contributed by atoms with Gasteiger partial charge in [-0.15, -0.1) is 0 Å². The van der Waals surface area contributed by atoms with E-state index in [1.54, 1.807) is 31.6 Å². The number of benzene rings is 1. The first-order valence-electron chi connectivity index (χ1n) is 14.2. The molecule has 5 rings (SSSR count). The Bertz CT molecular complexity index is 1070. The second kappa shape index (κ2) is 12.7. The first-order chi connectivity index (χ1) is 18.6.